The molecule has 0 fully saturated rings. The maximum Gasteiger partial charge on any atom is 0.341 e. The molecule has 7 nitrogen and oxygen atoms in total. The molecule has 1 aliphatic rings. The Hall–Kier alpha value is -3.09. The number of carbonyl (C=O) groups is 1. The van der Waals surface area contributed by atoms with Crippen molar-refractivity contribution in [1.82, 2.24) is 14.3 Å². The smallest absolute Gasteiger partial charge is 0.341 e. The predicted octanol–water partition coefficient (Wildman–Crippen LogP) is 3.17. The fraction of sp³-hybridized carbons (Fsp3) is 0.350. The second-order valence-electron chi connectivity index (χ2n) is 7.92. The first-order chi connectivity index (χ1) is 12.7. The van der Waals surface area contributed by atoms with Gasteiger partial charge in [0.1, 0.15) is 16.8 Å². The first-order valence-electron chi connectivity index (χ1n) is 8.75. The van der Waals surface area contributed by atoms with Crippen LogP contribution in [0.2, 0.25) is 0 Å². The molecule has 0 aliphatic carbocycles. The number of rotatable bonds is 2. The van der Waals surface area contributed by atoms with E-state index in [1.54, 1.807) is 7.11 Å². The number of benzene rings is 1. The van der Waals surface area contributed by atoms with Crippen LogP contribution in [0, 0.1) is 5.41 Å². The van der Waals surface area contributed by atoms with Crippen LogP contribution in [0.3, 0.4) is 0 Å². The van der Waals surface area contributed by atoms with Gasteiger partial charge in [0.05, 0.1) is 31.1 Å². The zero-order valence-corrected chi connectivity index (χ0v) is 15.7. The molecule has 27 heavy (non-hydrogen) atoms. The van der Waals surface area contributed by atoms with Crippen LogP contribution in [-0.2, 0) is 6.54 Å². The minimum absolute atomic E-state index is 0.0565. The van der Waals surface area contributed by atoms with Gasteiger partial charge in [0.2, 0.25) is 0 Å². The molecule has 0 saturated heterocycles. The van der Waals surface area contributed by atoms with E-state index in [1.807, 2.05) is 27.4 Å². The van der Waals surface area contributed by atoms with Gasteiger partial charge in [-0.2, -0.15) is 5.10 Å². The normalized spacial score (nSPS) is 16.1. The van der Waals surface area contributed by atoms with Gasteiger partial charge in [-0.05, 0) is 11.5 Å². The second-order valence-corrected chi connectivity index (χ2v) is 7.92. The van der Waals surface area contributed by atoms with E-state index in [4.69, 9.17) is 9.84 Å². The monoisotopic (exact) mass is 367 g/mol. The van der Waals surface area contributed by atoms with Crippen molar-refractivity contribution in [2.45, 2.75) is 33.4 Å². The molecule has 0 amide bonds. The average molecular weight is 367 g/mol. The summed E-state index contributed by atoms with van der Waals surface area (Å²) in [5.41, 5.74) is 1.31. The zero-order valence-electron chi connectivity index (χ0n) is 15.7. The lowest BCUT2D eigenvalue weighted by Crippen LogP contribution is -2.35. The summed E-state index contributed by atoms with van der Waals surface area (Å²) in [6.45, 7) is 6.85. The van der Waals surface area contributed by atoms with Crippen molar-refractivity contribution < 1.29 is 14.6 Å². The lowest BCUT2D eigenvalue weighted by Gasteiger charge is -2.38. The summed E-state index contributed by atoms with van der Waals surface area (Å²) in [6.07, 6.45) is 1.47. The molecular weight excluding hydrogens is 346 g/mol. The van der Waals surface area contributed by atoms with Crippen LogP contribution in [0.4, 0.5) is 0 Å². The number of hydrogen-bond donors (Lipinski definition) is 1. The van der Waals surface area contributed by atoms with Crippen molar-refractivity contribution in [1.29, 1.82) is 0 Å². The van der Waals surface area contributed by atoms with E-state index in [0.29, 0.717) is 18.0 Å². The zero-order chi connectivity index (χ0) is 19.5. The number of pyridine rings is 1. The Morgan fingerprint density at radius 3 is 2.70 bits per heavy atom. The van der Waals surface area contributed by atoms with Crippen molar-refractivity contribution >= 4 is 16.9 Å². The Bertz CT molecular complexity index is 1130. The molecule has 0 radical (unpaired) electrons. The molecule has 0 saturated carbocycles. The highest BCUT2D eigenvalue weighted by Crippen LogP contribution is 2.42. The number of hydrogen-bond acceptors (Lipinski definition) is 4. The molecule has 3 heterocycles. The van der Waals surface area contributed by atoms with E-state index < -0.39 is 11.4 Å². The molecule has 0 bridgehead atoms. The minimum atomic E-state index is -1.21. The van der Waals surface area contributed by atoms with Gasteiger partial charge >= 0.3 is 5.97 Å². The molecule has 0 unspecified atom stereocenters. The van der Waals surface area contributed by atoms with Crippen LogP contribution in [0.1, 0.15) is 37.2 Å². The van der Waals surface area contributed by atoms with Gasteiger partial charge in [-0.15, -0.1) is 0 Å². The molecule has 1 aliphatic heterocycles. The summed E-state index contributed by atoms with van der Waals surface area (Å²) in [6, 6.07) is 7.03. The Kier molecular flexibility index (Phi) is 3.66. The van der Waals surface area contributed by atoms with Gasteiger partial charge in [0.15, 0.2) is 5.43 Å². The highest BCUT2D eigenvalue weighted by atomic mass is 16.5. The SMILES string of the molecule is COc1cccc2c3n(nc12)C[C@H](C(C)(C)C)n1cc(C(=O)O)c(=O)cc1-3. The number of carboxylic acids is 1. The van der Waals surface area contributed by atoms with E-state index in [0.717, 1.165) is 16.6 Å². The number of aromatic nitrogens is 3. The number of ether oxygens (including phenoxy) is 1. The van der Waals surface area contributed by atoms with Gasteiger partial charge in [-0.1, -0.05) is 32.9 Å². The van der Waals surface area contributed by atoms with Crippen LogP contribution in [0.15, 0.2) is 35.3 Å². The summed E-state index contributed by atoms with van der Waals surface area (Å²) < 4.78 is 9.26. The maximum absolute atomic E-state index is 12.4. The Balaban J connectivity index is 2.09. The standard InChI is InChI=1S/C20H21N3O4/c1-20(2,3)16-10-23-18(11-6-5-7-15(27-4)17(11)21-23)13-8-14(24)12(19(25)26)9-22(13)16/h5-9,16H,10H2,1-4H3,(H,25,26)/t16-/m1/s1. The first-order valence-corrected chi connectivity index (χ1v) is 8.75. The third-order valence-electron chi connectivity index (χ3n) is 5.19. The summed E-state index contributed by atoms with van der Waals surface area (Å²) in [7, 11) is 1.60. The van der Waals surface area contributed by atoms with Crippen molar-refractivity contribution in [3.05, 3.63) is 46.2 Å². The van der Waals surface area contributed by atoms with E-state index in [9.17, 15) is 14.7 Å². The van der Waals surface area contributed by atoms with Crippen molar-refractivity contribution in [2.24, 2.45) is 5.41 Å². The molecule has 140 valence electrons. The van der Waals surface area contributed by atoms with Crippen LogP contribution in [0.25, 0.3) is 22.3 Å². The number of fused-ring (bicyclic) bond motifs is 5. The van der Waals surface area contributed by atoms with E-state index in [1.165, 1.54) is 12.3 Å². The summed E-state index contributed by atoms with van der Waals surface area (Å²) in [5, 5.41) is 15.0. The van der Waals surface area contributed by atoms with Crippen LogP contribution < -0.4 is 10.2 Å². The third-order valence-corrected chi connectivity index (χ3v) is 5.19. The average Bonchev–Trinajstić information content (AvgIpc) is 2.98. The van der Waals surface area contributed by atoms with Crippen molar-refractivity contribution in [3.63, 3.8) is 0 Å². The minimum Gasteiger partial charge on any atom is -0.494 e. The van der Waals surface area contributed by atoms with E-state index >= 15 is 0 Å². The summed E-state index contributed by atoms with van der Waals surface area (Å²) >= 11 is 0. The molecule has 7 heteroatoms. The maximum atomic E-state index is 12.4. The molecule has 2 aromatic heterocycles. The number of aromatic carboxylic acids is 1. The third kappa shape index (κ3) is 2.53. The van der Waals surface area contributed by atoms with Gasteiger partial charge in [-0.3, -0.25) is 9.48 Å². The van der Waals surface area contributed by atoms with E-state index in [-0.39, 0.29) is 17.0 Å². The lowest BCUT2D eigenvalue weighted by atomic mass is 9.85. The molecule has 0 spiro atoms. The van der Waals surface area contributed by atoms with Crippen molar-refractivity contribution in [2.75, 3.05) is 7.11 Å². The number of nitrogens with zero attached hydrogens (tertiary/aromatic N) is 3. The van der Waals surface area contributed by atoms with Gasteiger partial charge in [-0.25, -0.2) is 4.79 Å². The van der Waals surface area contributed by atoms with Gasteiger partial charge in [0, 0.05) is 17.6 Å². The van der Waals surface area contributed by atoms with Gasteiger partial charge < -0.3 is 14.4 Å². The van der Waals surface area contributed by atoms with Crippen LogP contribution in [0.5, 0.6) is 5.75 Å². The Morgan fingerprint density at radius 1 is 1.33 bits per heavy atom. The topological polar surface area (TPSA) is 86.3 Å². The Morgan fingerprint density at radius 2 is 2.07 bits per heavy atom. The van der Waals surface area contributed by atoms with Crippen molar-refractivity contribution in [3.8, 4) is 17.1 Å². The lowest BCUT2D eigenvalue weighted by molar-refractivity contribution is 0.0693. The highest BCUT2D eigenvalue weighted by Gasteiger charge is 2.35. The fourth-order valence-electron chi connectivity index (χ4n) is 3.79. The molecule has 1 aromatic carbocycles. The van der Waals surface area contributed by atoms with E-state index in [2.05, 4.69) is 20.8 Å². The quantitative estimate of drug-likeness (QED) is 0.752. The molecular formula is C20H21N3O4. The fourth-order valence-corrected chi connectivity index (χ4v) is 3.79. The first kappa shape index (κ1) is 17.3. The molecule has 3 aromatic rings. The molecule has 1 atom stereocenters. The highest BCUT2D eigenvalue weighted by molar-refractivity contribution is 5.96. The number of methoxy groups -OCH3 is 1. The Labute approximate surface area is 155 Å². The predicted molar refractivity (Wildman–Crippen MR) is 101 cm³/mol. The molecule has 4 rings (SSSR count). The second kappa shape index (κ2) is 5.70. The summed E-state index contributed by atoms with van der Waals surface area (Å²) in [5.74, 6) is -0.550. The molecule has 1 N–H and O–H groups in total. The van der Waals surface area contributed by atoms with Gasteiger partial charge in [0.25, 0.3) is 0 Å². The van der Waals surface area contributed by atoms with Crippen LogP contribution in [-0.4, -0.2) is 32.5 Å². The summed E-state index contributed by atoms with van der Waals surface area (Å²) in [4.78, 5) is 23.9. The number of carboxylic acid groups (broad SMARTS) is 1. The largest absolute Gasteiger partial charge is 0.494 e. The van der Waals surface area contributed by atoms with Crippen LogP contribution >= 0.6 is 0 Å².